The fourth-order valence-electron chi connectivity index (χ4n) is 2.96. The fraction of sp³-hybridized carbons (Fsp3) is 1.00. The average molecular weight is 326 g/mol. The Bertz CT molecular complexity index is 364. The third-order valence-corrected chi connectivity index (χ3v) is 5.72. The van der Waals surface area contributed by atoms with E-state index in [2.05, 4.69) is 14.9 Å². The Morgan fingerprint density at radius 2 is 1.90 bits per heavy atom. The highest BCUT2D eigenvalue weighted by molar-refractivity contribution is 7.89. The van der Waals surface area contributed by atoms with Crippen LogP contribution in [0.5, 0.6) is 0 Å². The van der Waals surface area contributed by atoms with Crippen LogP contribution in [-0.4, -0.2) is 58.3 Å². The summed E-state index contributed by atoms with van der Waals surface area (Å²) in [5.41, 5.74) is 0. The molecule has 7 heteroatoms. The van der Waals surface area contributed by atoms with Gasteiger partial charge in [0.05, 0.1) is 5.75 Å². The first-order valence-electron chi connectivity index (χ1n) is 7.49. The van der Waals surface area contributed by atoms with Crippen LogP contribution in [0.1, 0.15) is 26.2 Å². The highest BCUT2D eigenvalue weighted by atomic mass is 35.5. The number of halogens is 1. The van der Waals surface area contributed by atoms with E-state index in [0.717, 1.165) is 38.4 Å². The molecule has 2 N–H and O–H groups in total. The predicted molar refractivity (Wildman–Crippen MR) is 84.9 cm³/mol. The summed E-state index contributed by atoms with van der Waals surface area (Å²) in [6.45, 7) is 8.08. The maximum absolute atomic E-state index is 11.4. The molecule has 120 valence electrons. The topological polar surface area (TPSA) is 61.4 Å². The summed E-state index contributed by atoms with van der Waals surface area (Å²) in [6.07, 6.45) is 3.54. The Labute approximate surface area is 129 Å². The zero-order valence-electron chi connectivity index (χ0n) is 12.3. The van der Waals surface area contributed by atoms with E-state index in [4.69, 9.17) is 0 Å². The highest BCUT2D eigenvalue weighted by Gasteiger charge is 2.23. The van der Waals surface area contributed by atoms with Gasteiger partial charge in [-0.05, 0) is 64.2 Å². The molecule has 1 atom stereocenters. The zero-order chi connectivity index (χ0) is 13.7. The summed E-state index contributed by atoms with van der Waals surface area (Å²) in [6, 6.07) is 0. The minimum Gasteiger partial charge on any atom is -0.316 e. The van der Waals surface area contributed by atoms with Crippen molar-refractivity contribution in [3.63, 3.8) is 0 Å². The molecule has 0 aromatic carbocycles. The standard InChI is InChI=1S/C13H27N3O2S.ClH/c1-2-19(17,18)15-10-12-4-7-16(8-5-12)11-13-3-6-14-9-13;/h12-15H,2-11H2,1H3;1H. The number of piperidine rings is 1. The molecule has 0 saturated carbocycles. The van der Waals surface area contributed by atoms with Crippen LogP contribution in [0.3, 0.4) is 0 Å². The second-order valence-corrected chi connectivity index (χ2v) is 7.95. The molecular weight excluding hydrogens is 298 g/mol. The minimum absolute atomic E-state index is 0. The molecule has 2 aliphatic heterocycles. The van der Waals surface area contributed by atoms with Gasteiger partial charge in [-0.25, -0.2) is 13.1 Å². The van der Waals surface area contributed by atoms with Gasteiger partial charge in [-0.2, -0.15) is 0 Å². The molecule has 2 aliphatic rings. The molecule has 0 aliphatic carbocycles. The molecule has 2 saturated heterocycles. The van der Waals surface area contributed by atoms with Crippen molar-refractivity contribution in [1.29, 1.82) is 0 Å². The zero-order valence-corrected chi connectivity index (χ0v) is 13.9. The van der Waals surface area contributed by atoms with Gasteiger partial charge in [0, 0.05) is 13.1 Å². The van der Waals surface area contributed by atoms with E-state index in [0.29, 0.717) is 12.5 Å². The van der Waals surface area contributed by atoms with Crippen molar-refractivity contribution >= 4 is 22.4 Å². The van der Waals surface area contributed by atoms with Gasteiger partial charge in [-0.1, -0.05) is 0 Å². The van der Waals surface area contributed by atoms with Crippen molar-refractivity contribution < 1.29 is 8.42 Å². The summed E-state index contributed by atoms with van der Waals surface area (Å²) >= 11 is 0. The van der Waals surface area contributed by atoms with Crippen LogP contribution in [0.15, 0.2) is 0 Å². The van der Waals surface area contributed by atoms with Gasteiger partial charge in [0.15, 0.2) is 0 Å². The van der Waals surface area contributed by atoms with E-state index in [1.165, 1.54) is 19.5 Å². The molecule has 20 heavy (non-hydrogen) atoms. The van der Waals surface area contributed by atoms with Gasteiger partial charge in [-0.15, -0.1) is 12.4 Å². The molecule has 0 bridgehead atoms. The Hall–Kier alpha value is 0.120. The third-order valence-electron chi connectivity index (χ3n) is 4.36. The van der Waals surface area contributed by atoms with E-state index < -0.39 is 10.0 Å². The molecule has 1 unspecified atom stereocenters. The number of nitrogens with zero attached hydrogens (tertiary/aromatic N) is 1. The summed E-state index contributed by atoms with van der Waals surface area (Å²) in [4.78, 5) is 2.54. The first-order valence-corrected chi connectivity index (χ1v) is 9.14. The molecule has 2 heterocycles. The predicted octanol–water partition coefficient (Wildman–Crippen LogP) is 0.669. The molecule has 2 fully saturated rings. The average Bonchev–Trinajstić information content (AvgIpc) is 2.91. The number of hydrogen-bond donors (Lipinski definition) is 2. The molecule has 0 aromatic heterocycles. The van der Waals surface area contributed by atoms with Gasteiger partial charge in [0.25, 0.3) is 0 Å². The molecule has 0 radical (unpaired) electrons. The van der Waals surface area contributed by atoms with Gasteiger partial charge < -0.3 is 10.2 Å². The lowest BCUT2D eigenvalue weighted by Crippen LogP contribution is -2.41. The number of nitrogens with one attached hydrogen (secondary N) is 2. The van der Waals surface area contributed by atoms with E-state index >= 15 is 0 Å². The van der Waals surface area contributed by atoms with Crippen LogP contribution in [-0.2, 0) is 10.0 Å². The van der Waals surface area contributed by atoms with E-state index in [-0.39, 0.29) is 18.2 Å². The van der Waals surface area contributed by atoms with Crippen molar-refractivity contribution in [2.45, 2.75) is 26.2 Å². The van der Waals surface area contributed by atoms with Crippen molar-refractivity contribution in [3.8, 4) is 0 Å². The van der Waals surface area contributed by atoms with Crippen LogP contribution in [0.4, 0.5) is 0 Å². The summed E-state index contributed by atoms with van der Waals surface area (Å²) in [5.74, 6) is 1.51. The van der Waals surface area contributed by atoms with E-state index in [9.17, 15) is 8.42 Å². The Balaban J connectivity index is 0.00000200. The quantitative estimate of drug-likeness (QED) is 0.753. The normalized spacial score (nSPS) is 25.6. The Morgan fingerprint density at radius 3 is 2.45 bits per heavy atom. The number of likely N-dealkylation sites (tertiary alicyclic amines) is 1. The fourth-order valence-corrected chi connectivity index (χ4v) is 3.65. The Kier molecular flexibility index (Phi) is 7.75. The molecule has 0 amide bonds. The lowest BCUT2D eigenvalue weighted by atomic mass is 9.96. The van der Waals surface area contributed by atoms with E-state index in [1.54, 1.807) is 6.92 Å². The molecule has 0 spiro atoms. The minimum atomic E-state index is -3.02. The molecule has 5 nitrogen and oxygen atoms in total. The monoisotopic (exact) mass is 325 g/mol. The van der Waals surface area contributed by atoms with Gasteiger partial charge >= 0.3 is 0 Å². The van der Waals surface area contributed by atoms with Crippen LogP contribution >= 0.6 is 12.4 Å². The van der Waals surface area contributed by atoms with E-state index in [1.807, 2.05) is 0 Å². The second-order valence-electron chi connectivity index (χ2n) is 5.85. The third kappa shape index (κ3) is 5.85. The molecular formula is C13H28ClN3O2S. The smallest absolute Gasteiger partial charge is 0.211 e. The first-order chi connectivity index (χ1) is 9.09. The van der Waals surface area contributed by atoms with Gasteiger partial charge in [-0.3, -0.25) is 0 Å². The first kappa shape index (κ1) is 18.2. The number of sulfonamides is 1. The van der Waals surface area contributed by atoms with Crippen LogP contribution in [0, 0.1) is 11.8 Å². The summed E-state index contributed by atoms with van der Waals surface area (Å²) < 4.78 is 25.5. The SMILES string of the molecule is CCS(=O)(=O)NCC1CCN(CC2CCNC2)CC1.Cl. The lowest BCUT2D eigenvalue weighted by Gasteiger charge is -2.33. The second kappa shape index (κ2) is 8.54. The lowest BCUT2D eigenvalue weighted by molar-refractivity contribution is 0.165. The number of hydrogen-bond acceptors (Lipinski definition) is 4. The summed E-state index contributed by atoms with van der Waals surface area (Å²) in [5, 5.41) is 3.41. The van der Waals surface area contributed by atoms with Gasteiger partial charge in [0.2, 0.25) is 10.0 Å². The van der Waals surface area contributed by atoms with Gasteiger partial charge in [0.1, 0.15) is 0 Å². The Morgan fingerprint density at radius 1 is 1.20 bits per heavy atom. The van der Waals surface area contributed by atoms with Crippen molar-refractivity contribution in [2.24, 2.45) is 11.8 Å². The van der Waals surface area contributed by atoms with Crippen molar-refractivity contribution in [3.05, 3.63) is 0 Å². The van der Waals surface area contributed by atoms with Crippen LogP contribution in [0.25, 0.3) is 0 Å². The maximum atomic E-state index is 11.4. The number of rotatable bonds is 6. The largest absolute Gasteiger partial charge is 0.316 e. The molecule has 2 rings (SSSR count). The van der Waals surface area contributed by atoms with Crippen molar-refractivity contribution in [2.75, 3.05) is 45.0 Å². The van der Waals surface area contributed by atoms with Crippen molar-refractivity contribution in [1.82, 2.24) is 14.9 Å². The highest BCUT2D eigenvalue weighted by Crippen LogP contribution is 2.19. The van der Waals surface area contributed by atoms with Crippen LogP contribution < -0.4 is 10.0 Å². The summed E-state index contributed by atoms with van der Waals surface area (Å²) in [7, 11) is -3.02. The molecule has 0 aromatic rings. The van der Waals surface area contributed by atoms with Crippen LogP contribution in [0.2, 0.25) is 0 Å². The maximum Gasteiger partial charge on any atom is 0.211 e.